The highest BCUT2D eigenvalue weighted by Crippen LogP contribution is 2.28. The number of methoxy groups -OCH3 is 1. The first-order valence-electron chi connectivity index (χ1n) is 6.21. The molecule has 1 aromatic carbocycles. The molecule has 0 radical (unpaired) electrons. The second-order valence-corrected chi connectivity index (χ2v) is 4.55. The molecule has 1 aliphatic rings. The molecule has 0 spiro atoms. The van der Waals surface area contributed by atoms with E-state index in [9.17, 15) is 5.11 Å². The summed E-state index contributed by atoms with van der Waals surface area (Å²) in [5.74, 6) is 0.851. The molecule has 0 aromatic heterocycles. The van der Waals surface area contributed by atoms with Crippen LogP contribution in [0.5, 0.6) is 5.75 Å². The maximum Gasteiger partial charge on any atom is 0.130 e. The summed E-state index contributed by atoms with van der Waals surface area (Å²) >= 11 is 0. The van der Waals surface area contributed by atoms with Gasteiger partial charge >= 0.3 is 0 Å². The van der Waals surface area contributed by atoms with Gasteiger partial charge < -0.3 is 14.6 Å². The van der Waals surface area contributed by atoms with Gasteiger partial charge in [0.1, 0.15) is 18.0 Å². The van der Waals surface area contributed by atoms with Gasteiger partial charge in [-0.15, -0.1) is 0 Å². The van der Waals surface area contributed by atoms with Crippen LogP contribution < -0.4 is 4.74 Å². The largest absolute Gasteiger partial charge is 0.488 e. The molecule has 94 valence electrons. The van der Waals surface area contributed by atoms with E-state index in [1.807, 2.05) is 12.1 Å². The Labute approximate surface area is 102 Å². The Morgan fingerprint density at radius 3 is 2.53 bits per heavy atom. The third-order valence-corrected chi connectivity index (χ3v) is 3.24. The molecule has 3 atom stereocenters. The Bertz CT molecular complexity index is 347. The van der Waals surface area contributed by atoms with Gasteiger partial charge in [-0.1, -0.05) is 25.5 Å². The van der Waals surface area contributed by atoms with Crippen LogP contribution in [0.15, 0.2) is 24.3 Å². The van der Waals surface area contributed by atoms with Crippen molar-refractivity contribution in [1.29, 1.82) is 0 Å². The third kappa shape index (κ3) is 2.79. The lowest BCUT2D eigenvalue weighted by Gasteiger charge is -2.39. The molecule has 0 amide bonds. The monoisotopic (exact) mass is 236 g/mol. The molecule has 17 heavy (non-hydrogen) atoms. The Balaban J connectivity index is 1.91. The van der Waals surface area contributed by atoms with E-state index in [1.165, 1.54) is 5.56 Å². The van der Waals surface area contributed by atoms with Crippen LogP contribution in [0.25, 0.3) is 0 Å². The SMILES string of the molecule is CCCc1ccc(OC2CC(O)C2OC)cc1. The summed E-state index contributed by atoms with van der Waals surface area (Å²) in [6, 6.07) is 8.16. The average molecular weight is 236 g/mol. The first-order chi connectivity index (χ1) is 8.24. The van der Waals surface area contributed by atoms with Gasteiger partial charge in [-0.3, -0.25) is 0 Å². The normalized spacial score (nSPS) is 27.6. The van der Waals surface area contributed by atoms with Crippen LogP contribution in [0.3, 0.4) is 0 Å². The van der Waals surface area contributed by atoms with Crippen LogP contribution in [0.1, 0.15) is 25.3 Å². The van der Waals surface area contributed by atoms with E-state index in [0.717, 1.165) is 18.6 Å². The van der Waals surface area contributed by atoms with E-state index >= 15 is 0 Å². The van der Waals surface area contributed by atoms with Gasteiger partial charge in [0.15, 0.2) is 0 Å². The molecule has 3 unspecified atom stereocenters. The van der Waals surface area contributed by atoms with Crippen LogP contribution in [0, 0.1) is 0 Å². The van der Waals surface area contributed by atoms with Gasteiger partial charge in [0.2, 0.25) is 0 Å². The maximum atomic E-state index is 9.47. The van der Waals surface area contributed by atoms with Gasteiger partial charge in [0.25, 0.3) is 0 Å². The Morgan fingerprint density at radius 2 is 2.00 bits per heavy atom. The number of rotatable bonds is 5. The van der Waals surface area contributed by atoms with Gasteiger partial charge in [-0.2, -0.15) is 0 Å². The molecule has 3 nitrogen and oxygen atoms in total. The summed E-state index contributed by atoms with van der Waals surface area (Å²) < 4.78 is 10.9. The van der Waals surface area contributed by atoms with E-state index in [1.54, 1.807) is 7.11 Å². The van der Waals surface area contributed by atoms with Crippen LogP contribution >= 0.6 is 0 Å². The van der Waals surface area contributed by atoms with E-state index in [2.05, 4.69) is 19.1 Å². The van der Waals surface area contributed by atoms with Crippen LogP contribution in [0.2, 0.25) is 0 Å². The predicted octanol–water partition coefficient (Wildman–Crippen LogP) is 2.17. The zero-order valence-corrected chi connectivity index (χ0v) is 10.4. The highest BCUT2D eigenvalue weighted by atomic mass is 16.6. The van der Waals surface area contributed by atoms with Gasteiger partial charge in [-0.25, -0.2) is 0 Å². The minimum atomic E-state index is -0.385. The van der Waals surface area contributed by atoms with Crippen molar-refractivity contribution in [3.05, 3.63) is 29.8 Å². The Morgan fingerprint density at radius 1 is 1.29 bits per heavy atom. The highest BCUT2D eigenvalue weighted by Gasteiger charge is 2.42. The van der Waals surface area contributed by atoms with Crippen molar-refractivity contribution in [2.75, 3.05) is 7.11 Å². The fraction of sp³-hybridized carbons (Fsp3) is 0.571. The second kappa shape index (κ2) is 5.52. The molecule has 1 N–H and O–H groups in total. The Hall–Kier alpha value is -1.06. The van der Waals surface area contributed by atoms with Crippen LogP contribution in [0.4, 0.5) is 0 Å². The molecule has 0 saturated heterocycles. The zero-order chi connectivity index (χ0) is 12.3. The van der Waals surface area contributed by atoms with E-state index in [4.69, 9.17) is 9.47 Å². The van der Waals surface area contributed by atoms with E-state index in [-0.39, 0.29) is 18.3 Å². The summed E-state index contributed by atoms with van der Waals surface area (Å²) in [7, 11) is 1.60. The summed E-state index contributed by atoms with van der Waals surface area (Å²) in [5, 5.41) is 9.47. The van der Waals surface area contributed by atoms with Crippen molar-refractivity contribution >= 4 is 0 Å². The average Bonchev–Trinajstić information content (AvgIpc) is 2.31. The van der Waals surface area contributed by atoms with E-state index in [0.29, 0.717) is 6.42 Å². The van der Waals surface area contributed by atoms with Crippen molar-refractivity contribution in [3.8, 4) is 5.75 Å². The fourth-order valence-corrected chi connectivity index (χ4v) is 2.18. The standard InChI is InChI=1S/C14H20O3/c1-3-4-10-5-7-11(8-6-10)17-13-9-12(15)14(13)16-2/h5-8,12-15H,3-4,9H2,1-2H3. The first kappa shape index (κ1) is 12.4. The number of hydrogen-bond donors (Lipinski definition) is 1. The van der Waals surface area contributed by atoms with Crippen molar-refractivity contribution in [3.63, 3.8) is 0 Å². The lowest BCUT2D eigenvalue weighted by Crippen LogP contribution is -2.54. The van der Waals surface area contributed by atoms with Gasteiger partial charge in [0, 0.05) is 13.5 Å². The molecular formula is C14H20O3. The molecule has 1 saturated carbocycles. The van der Waals surface area contributed by atoms with Gasteiger partial charge in [0.05, 0.1) is 6.10 Å². The van der Waals surface area contributed by atoms with Gasteiger partial charge in [-0.05, 0) is 24.1 Å². The molecule has 0 bridgehead atoms. The third-order valence-electron chi connectivity index (χ3n) is 3.24. The van der Waals surface area contributed by atoms with Crippen molar-refractivity contribution in [2.24, 2.45) is 0 Å². The zero-order valence-electron chi connectivity index (χ0n) is 10.4. The number of aliphatic hydroxyl groups excluding tert-OH is 1. The summed E-state index contributed by atoms with van der Waals surface area (Å²) in [4.78, 5) is 0. The quantitative estimate of drug-likeness (QED) is 0.851. The first-order valence-corrected chi connectivity index (χ1v) is 6.21. The van der Waals surface area contributed by atoms with Crippen LogP contribution in [-0.2, 0) is 11.2 Å². The Kier molecular flexibility index (Phi) is 4.02. The minimum Gasteiger partial charge on any atom is -0.488 e. The molecule has 0 aliphatic heterocycles. The molecular weight excluding hydrogens is 216 g/mol. The van der Waals surface area contributed by atoms with Crippen molar-refractivity contribution in [2.45, 2.75) is 44.5 Å². The summed E-state index contributed by atoms with van der Waals surface area (Å²) in [5.41, 5.74) is 1.33. The molecule has 1 aromatic rings. The topological polar surface area (TPSA) is 38.7 Å². The summed E-state index contributed by atoms with van der Waals surface area (Å²) in [6.07, 6.45) is 2.31. The second-order valence-electron chi connectivity index (χ2n) is 4.55. The lowest BCUT2D eigenvalue weighted by atomic mass is 9.88. The number of aliphatic hydroxyl groups is 1. The fourth-order valence-electron chi connectivity index (χ4n) is 2.18. The molecule has 0 heterocycles. The highest BCUT2D eigenvalue weighted by molar-refractivity contribution is 5.28. The predicted molar refractivity (Wildman–Crippen MR) is 66.3 cm³/mol. The van der Waals surface area contributed by atoms with Crippen LogP contribution in [-0.4, -0.2) is 30.5 Å². The number of benzene rings is 1. The number of ether oxygens (including phenoxy) is 2. The number of aryl methyl sites for hydroxylation is 1. The minimum absolute atomic E-state index is 0.0213. The number of hydrogen-bond acceptors (Lipinski definition) is 3. The smallest absolute Gasteiger partial charge is 0.130 e. The molecule has 1 fully saturated rings. The maximum absolute atomic E-state index is 9.47. The molecule has 1 aliphatic carbocycles. The van der Waals surface area contributed by atoms with Crippen molar-refractivity contribution < 1.29 is 14.6 Å². The van der Waals surface area contributed by atoms with E-state index < -0.39 is 0 Å². The molecule has 3 heteroatoms. The van der Waals surface area contributed by atoms with Crippen molar-refractivity contribution in [1.82, 2.24) is 0 Å². The molecule has 2 rings (SSSR count). The lowest BCUT2D eigenvalue weighted by molar-refractivity contribution is -0.149. The summed E-state index contributed by atoms with van der Waals surface area (Å²) in [6.45, 7) is 2.17.